The highest BCUT2D eigenvalue weighted by atomic mass is 35.5. The third-order valence-electron chi connectivity index (χ3n) is 7.17. The lowest BCUT2D eigenvalue weighted by molar-refractivity contribution is 0.0825. The fraction of sp³-hybridized carbons (Fsp3) is 0.267. The molecule has 0 aliphatic heterocycles. The zero-order valence-corrected chi connectivity index (χ0v) is 23.2. The van der Waals surface area contributed by atoms with E-state index < -0.39 is 28.8 Å². The number of aromatic hydroxyl groups is 1. The van der Waals surface area contributed by atoms with Crippen LogP contribution < -0.4 is 9.47 Å². The smallest absolute Gasteiger partial charge is 0.199 e. The molecule has 0 bridgehead atoms. The van der Waals surface area contributed by atoms with E-state index in [0.29, 0.717) is 23.1 Å². The Balaban J connectivity index is 1.38. The first kappa shape index (κ1) is 27.0. The molecule has 212 valence electrons. The number of benzene rings is 3. The molecule has 2 heterocycles. The number of hydrogen-bond donors (Lipinski definition) is 1. The molecule has 6 rings (SSSR count). The second-order valence-corrected chi connectivity index (χ2v) is 11.0. The maximum Gasteiger partial charge on any atom is 0.199 e. The minimum Gasteiger partial charge on any atom is -0.497 e. The fourth-order valence-corrected chi connectivity index (χ4v) is 5.18. The lowest BCUT2D eigenvalue weighted by Gasteiger charge is -2.27. The summed E-state index contributed by atoms with van der Waals surface area (Å²) in [4.78, 5) is 0. The number of ether oxygens (including phenoxy) is 2. The first-order chi connectivity index (χ1) is 19.6. The SMILES string of the molecule is COc1ccc(Cn2cc3cc(-c4nnc(C(C)(C)Oc5c(F)cc(Cl)cc5F)n4C4CC4)c(F)cc3c2O)cc1. The summed E-state index contributed by atoms with van der Waals surface area (Å²) < 4.78 is 59.1. The molecule has 0 amide bonds. The van der Waals surface area contributed by atoms with E-state index in [0.717, 1.165) is 36.3 Å². The summed E-state index contributed by atoms with van der Waals surface area (Å²) in [6.45, 7) is 3.60. The van der Waals surface area contributed by atoms with Crippen molar-refractivity contribution in [1.29, 1.82) is 0 Å². The Labute approximate surface area is 238 Å². The van der Waals surface area contributed by atoms with Gasteiger partial charge in [0.05, 0.1) is 19.2 Å². The van der Waals surface area contributed by atoms with E-state index in [9.17, 15) is 13.9 Å². The van der Waals surface area contributed by atoms with Crippen LogP contribution in [0.15, 0.2) is 54.7 Å². The van der Waals surface area contributed by atoms with Crippen LogP contribution in [0, 0.1) is 17.5 Å². The molecular weight excluding hydrogens is 557 g/mol. The number of rotatable bonds is 8. The summed E-state index contributed by atoms with van der Waals surface area (Å²) in [5.41, 5.74) is -0.218. The van der Waals surface area contributed by atoms with Crippen molar-refractivity contribution in [3.63, 3.8) is 0 Å². The van der Waals surface area contributed by atoms with E-state index in [1.165, 1.54) is 6.07 Å². The standard InChI is InChI=1S/C30H26ClF3N4O3/c1-30(2,41-26-24(33)11-18(31)12-25(26)34)29-36-35-27(38(29)19-6-7-19)22-10-17-15-37(28(39)21(17)13-23(22)32)14-16-4-8-20(40-3)9-5-16/h4-5,8-13,15,19,39H,6-7,14H2,1-3H3. The highest BCUT2D eigenvalue weighted by Gasteiger charge is 2.39. The van der Waals surface area contributed by atoms with Crippen LogP contribution in [0.1, 0.15) is 44.1 Å². The summed E-state index contributed by atoms with van der Waals surface area (Å²) in [7, 11) is 1.59. The Morgan fingerprint density at radius 3 is 2.32 bits per heavy atom. The van der Waals surface area contributed by atoms with Crippen molar-refractivity contribution < 1.29 is 27.8 Å². The summed E-state index contributed by atoms with van der Waals surface area (Å²) in [5.74, 6) is -1.86. The Hall–Kier alpha value is -4.18. The predicted molar refractivity (Wildman–Crippen MR) is 148 cm³/mol. The lowest BCUT2D eigenvalue weighted by Crippen LogP contribution is -2.30. The summed E-state index contributed by atoms with van der Waals surface area (Å²) in [6, 6.07) is 12.2. The number of halogens is 4. The topological polar surface area (TPSA) is 74.3 Å². The molecular formula is C30H26ClF3N4O3. The van der Waals surface area contributed by atoms with E-state index in [2.05, 4.69) is 10.2 Å². The minimum absolute atomic E-state index is 0.0269. The first-order valence-corrected chi connectivity index (χ1v) is 13.4. The van der Waals surface area contributed by atoms with Gasteiger partial charge >= 0.3 is 0 Å². The van der Waals surface area contributed by atoms with Crippen LogP contribution in [0.5, 0.6) is 17.4 Å². The van der Waals surface area contributed by atoms with Crippen LogP contribution in [-0.4, -0.2) is 31.5 Å². The maximum absolute atomic E-state index is 15.6. The van der Waals surface area contributed by atoms with Gasteiger partial charge in [-0.15, -0.1) is 10.2 Å². The van der Waals surface area contributed by atoms with Crippen molar-refractivity contribution in [1.82, 2.24) is 19.3 Å². The van der Waals surface area contributed by atoms with E-state index in [4.69, 9.17) is 21.1 Å². The molecule has 5 aromatic rings. The maximum atomic E-state index is 15.6. The van der Waals surface area contributed by atoms with Crippen molar-refractivity contribution in [3.8, 4) is 28.8 Å². The summed E-state index contributed by atoms with van der Waals surface area (Å²) >= 11 is 5.76. The summed E-state index contributed by atoms with van der Waals surface area (Å²) in [5, 5.41) is 20.3. The fourth-order valence-electron chi connectivity index (χ4n) is 4.99. The molecule has 1 aliphatic carbocycles. The first-order valence-electron chi connectivity index (χ1n) is 13.0. The highest BCUT2D eigenvalue weighted by molar-refractivity contribution is 6.30. The third kappa shape index (κ3) is 4.97. The van der Waals surface area contributed by atoms with Crippen LogP contribution in [0.25, 0.3) is 22.2 Å². The zero-order valence-electron chi connectivity index (χ0n) is 22.5. The number of hydrogen-bond acceptors (Lipinski definition) is 5. The van der Waals surface area contributed by atoms with E-state index in [1.54, 1.807) is 42.4 Å². The quantitative estimate of drug-likeness (QED) is 0.207. The molecule has 1 N–H and O–H groups in total. The molecule has 3 aromatic carbocycles. The zero-order chi connectivity index (χ0) is 29.1. The molecule has 0 saturated heterocycles. The molecule has 1 aliphatic rings. The molecule has 1 saturated carbocycles. The van der Waals surface area contributed by atoms with Gasteiger partial charge in [0.15, 0.2) is 40.5 Å². The second-order valence-electron chi connectivity index (χ2n) is 10.6. The second kappa shape index (κ2) is 10.0. The summed E-state index contributed by atoms with van der Waals surface area (Å²) in [6.07, 6.45) is 3.36. The average molecular weight is 583 g/mol. The monoisotopic (exact) mass is 582 g/mol. The Morgan fingerprint density at radius 2 is 1.68 bits per heavy atom. The van der Waals surface area contributed by atoms with E-state index in [-0.39, 0.29) is 28.3 Å². The number of nitrogens with zero attached hydrogens (tertiary/aromatic N) is 4. The van der Waals surface area contributed by atoms with Crippen molar-refractivity contribution in [3.05, 3.63) is 88.6 Å². The molecule has 1 fully saturated rings. The van der Waals surface area contributed by atoms with Crippen molar-refractivity contribution in [2.45, 2.75) is 44.9 Å². The van der Waals surface area contributed by atoms with Crippen molar-refractivity contribution in [2.24, 2.45) is 0 Å². The van der Waals surface area contributed by atoms with Crippen molar-refractivity contribution >= 4 is 22.4 Å². The highest BCUT2D eigenvalue weighted by Crippen LogP contribution is 2.44. The number of fused-ring (bicyclic) bond motifs is 1. The van der Waals surface area contributed by atoms with Crippen LogP contribution in [0.3, 0.4) is 0 Å². The van der Waals surface area contributed by atoms with Gasteiger partial charge in [0, 0.05) is 28.0 Å². The normalized spacial score (nSPS) is 13.6. The largest absolute Gasteiger partial charge is 0.497 e. The van der Waals surface area contributed by atoms with Gasteiger partial charge in [0.2, 0.25) is 0 Å². The molecule has 11 heteroatoms. The van der Waals surface area contributed by atoms with Gasteiger partial charge in [-0.1, -0.05) is 23.7 Å². The Morgan fingerprint density at radius 1 is 1.00 bits per heavy atom. The van der Waals surface area contributed by atoms with Gasteiger partial charge in [-0.3, -0.25) is 0 Å². The molecule has 0 spiro atoms. The number of methoxy groups -OCH3 is 1. The van der Waals surface area contributed by atoms with Gasteiger partial charge < -0.3 is 23.7 Å². The van der Waals surface area contributed by atoms with E-state index in [1.807, 2.05) is 24.3 Å². The molecule has 2 aromatic heterocycles. The molecule has 0 unspecified atom stereocenters. The number of aromatic nitrogens is 4. The van der Waals surface area contributed by atoms with Crippen LogP contribution in [0.2, 0.25) is 5.02 Å². The van der Waals surface area contributed by atoms with Crippen LogP contribution in [0.4, 0.5) is 13.2 Å². The van der Waals surface area contributed by atoms with Gasteiger partial charge in [-0.2, -0.15) is 0 Å². The lowest BCUT2D eigenvalue weighted by atomic mass is 10.1. The third-order valence-corrected chi connectivity index (χ3v) is 7.38. The molecule has 0 radical (unpaired) electrons. The molecule has 7 nitrogen and oxygen atoms in total. The molecule has 0 atom stereocenters. The predicted octanol–water partition coefficient (Wildman–Crippen LogP) is 7.38. The minimum atomic E-state index is -1.33. The van der Waals surface area contributed by atoms with Crippen molar-refractivity contribution in [2.75, 3.05) is 7.11 Å². The van der Waals surface area contributed by atoms with Gasteiger partial charge in [0.25, 0.3) is 0 Å². The Kier molecular flexibility index (Phi) is 6.60. The Bertz CT molecular complexity index is 1760. The molecule has 41 heavy (non-hydrogen) atoms. The van der Waals surface area contributed by atoms with E-state index >= 15 is 4.39 Å². The van der Waals surface area contributed by atoms with Crippen LogP contribution in [-0.2, 0) is 12.1 Å². The average Bonchev–Trinajstić information content (AvgIpc) is 3.60. The van der Waals surface area contributed by atoms with Gasteiger partial charge in [0.1, 0.15) is 11.6 Å². The van der Waals surface area contributed by atoms with Gasteiger partial charge in [-0.25, -0.2) is 13.2 Å². The van der Waals surface area contributed by atoms with Crippen LogP contribution >= 0.6 is 11.6 Å². The van der Waals surface area contributed by atoms with Gasteiger partial charge in [-0.05, 0) is 68.7 Å².